The van der Waals surface area contributed by atoms with Crippen LogP contribution in [0.1, 0.15) is 33.4 Å². The topological polar surface area (TPSA) is 110 Å². The van der Waals surface area contributed by atoms with Gasteiger partial charge in [0.05, 0.1) is 37.2 Å². The zero-order valence-corrected chi connectivity index (χ0v) is 13.4. The maximum Gasteiger partial charge on any atom is 0.186 e. The molecule has 1 aliphatic rings. The van der Waals surface area contributed by atoms with Crippen molar-refractivity contribution in [2.75, 3.05) is 6.61 Å². The van der Waals surface area contributed by atoms with E-state index in [-0.39, 0.29) is 24.7 Å². The highest BCUT2D eigenvalue weighted by Crippen LogP contribution is 2.26. The van der Waals surface area contributed by atoms with Crippen LogP contribution in [0, 0.1) is 5.92 Å². The minimum absolute atomic E-state index is 0.0943. The first kappa shape index (κ1) is 17.3. The maximum atomic E-state index is 10.0. The molecule has 0 saturated carbocycles. The molecule has 1 aliphatic heterocycles. The summed E-state index contributed by atoms with van der Waals surface area (Å²) in [4.78, 5) is 0. The van der Waals surface area contributed by atoms with E-state index in [0.717, 1.165) is 0 Å². The van der Waals surface area contributed by atoms with Crippen LogP contribution in [0.25, 0.3) is 0 Å². The molecule has 0 bridgehead atoms. The van der Waals surface area contributed by atoms with Gasteiger partial charge in [-0.2, -0.15) is 0 Å². The summed E-state index contributed by atoms with van der Waals surface area (Å²) in [5.74, 6) is -0.374. The fourth-order valence-corrected chi connectivity index (χ4v) is 2.28. The number of aromatic nitrogens is 3. The third-order valence-electron chi connectivity index (χ3n) is 3.87. The number of nitrogens with zero attached hydrogens (tertiary/aromatic N) is 3. The molecule has 0 spiro atoms. The molecule has 22 heavy (non-hydrogen) atoms. The Morgan fingerprint density at radius 3 is 2.55 bits per heavy atom. The van der Waals surface area contributed by atoms with E-state index in [4.69, 9.17) is 9.47 Å². The Morgan fingerprint density at radius 1 is 1.32 bits per heavy atom. The number of rotatable bonds is 4. The Balaban J connectivity index is 1.97. The van der Waals surface area contributed by atoms with Gasteiger partial charge >= 0.3 is 0 Å². The second kappa shape index (κ2) is 6.59. The molecule has 1 fully saturated rings. The van der Waals surface area contributed by atoms with E-state index in [1.807, 2.05) is 20.8 Å². The molecule has 0 unspecified atom stereocenters. The van der Waals surface area contributed by atoms with Gasteiger partial charge < -0.3 is 24.8 Å². The fraction of sp³-hybridized carbons (Fsp3) is 0.857. The second-order valence-electron chi connectivity index (χ2n) is 6.70. The maximum absolute atomic E-state index is 10.0. The average molecular weight is 315 g/mol. The van der Waals surface area contributed by atoms with Crippen molar-refractivity contribution in [1.82, 2.24) is 15.0 Å². The van der Waals surface area contributed by atoms with Gasteiger partial charge in [0.1, 0.15) is 11.8 Å². The highest BCUT2D eigenvalue weighted by Gasteiger charge is 2.42. The zero-order chi connectivity index (χ0) is 16.5. The lowest BCUT2D eigenvalue weighted by Gasteiger charge is -2.40. The summed E-state index contributed by atoms with van der Waals surface area (Å²) in [5, 5.41) is 37.3. The highest BCUT2D eigenvalue weighted by atomic mass is 16.7. The van der Waals surface area contributed by atoms with E-state index in [1.165, 1.54) is 0 Å². The third-order valence-corrected chi connectivity index (χ3v) is 3.87. The number of aliphatic hydroxyl groups is 3. The number of aliphatic hydroxyl groups excluding tert-OH is 3. The van der Waals surface area contributed by atoms with E-state index in [9.17, 15) is 15.3 Å². The first-order chi connectivity index (χ1) is 10.2. The summed E-state index contributed by atoms with van der Waals surface area (Å²) < 4.78 is 12.7. The van der Waals surface area contributed by atoms with Crippen LogP contribution in [0.5, 0.6) is 0 Å². The van der Waals surface area contributed by atoms with Crippen LogP contribution in [0.3, 0.4) is 0 Å². The van der Waals surface area contributed by atoms with Crippen LogP contribution in [0.2, 0.25) is 0 Å². The molecule has 2 rings (SSSR count). The van der Waals surface area contributed by atoms with Crippen molar-refractivity contribution in [3.05, 3.63) is 11.9 Å². The molecule has 1 saturated heterocycles. The molecule has 1 aromatic heterocycles. The SMILES string of the molecule is C[C@@H]1[C@H](O)[C@@H](O)[C@H](OCc2cn(C(C)(C)C)nn2)O[C@@H]1CO. The summed E-state index contributed by atoms with van der Waals surface area (Å²) in [5.41, 5.74) is 0.416. The van der Waals surface area contributed by atoms with Crippen molar-refractivity contribution in [3.8, 4) is 0 Å². The van der Waals surface area contributed by atoms with Crippen molar-refractivity contribution >= 4 is 0 Å². The van der Waals surface area contributed by atoms with Gasteiger partial charge in [0.15, 0.2) is 6.29 Å². The lowest BCUT2D eigenvalue weighted by Crippen LogP contribution is -2.55. The minimum Gasteiger partial charge on any atom is -0.394 e. The van der Waals surface area contributed by atoms with Crippen molar-refractivity contribution in [3.63, 3.8) is 0 Å². The molecule has 8 nitrogen and oxygen atoms in total. The second-order valence-corrected chi connectivity index (χ2v) is 6.70. The number of hydrogen-bond acceptors (Lipinski definition) is 7. The predicted molar refractivity (Wildman–Crippen MR) is 76.7 cm³/mol. The third kappa shape index (κ3) is 3.64. The van der Waals surface area contributed by atoms with Crippen molar-refractivity contribution in [2.24, 2.45) is 5.92 Å². The van der Waals surface area contributed by atoms with E-state index in [2.05, 4.69) is 10.3 Å². The summed E-state index contributed by atoms with van der Waals surface area (Å²) >= 11 is 0. The normalized spacial score (nSPS) is 33.1. The van der Waals surface area contributed by atoms with Crippen LogP contribution in [0.15, 0.2) is 6.20 Å². The lowest BCUT2D eigenvalue weighted by atomic mass is 9.91. The highest BCUT2D eigenvalue weighted by molar-refractivity contribution is 4.93. The Kier molecular flexibility index (Phi) is 5.18. The Hall–Kier alpha value is -1.06. The van der Waals surface area contributed by atoms with Gasteiger partial charge in [0, 0.05) is 5.92 Å². The van der Waals surface area contributed by atoms with E-state index >= 15 is 0 Å². The largest absolute Gasteiger partial charge is 0.394 e. The molecular weight excluding hydrogens is 290 g/mol. The Morgan fingerprint density at radius 2 is 2.00 bits per heavy atom. The first-order valence-corrected chi connectivity index (χ1v) is 7.39. The molecule has 0 radical (unpaired) electrons. The van der Waals surface area contributed by atoms with Crippen LogP contribution in [-0.2, 0) is 21.6 Å². The van der Waals surface area contributed by atoms with E-state index < -0.39 is 24.6 Å². The summed E-state index contributed by atoms with van der Waals surface area (Å²) in [6, 6.07) is 0. The predicted octanol–water partition coefficient (Wildman–Crippen LogP) is -0.375. The van der Waals surface area contributed by atoms with E-state index in [0.29, 0.717) is 5.69 Å². The quantitative estimate of drug-likeness (QED) is 0.695. The Bertz CT molecular complexity index is 485. The average Bonchev–Trinajstić information content (AvgIpc) is 2.93. The standard InChI is InChI=1S/C14H25N3O5/c1-8-10(6-18)22-13(12(20)11(8)19)21-7-9-5-17(16-15-9)14(2,3)4/h5,8,10-13,18-20H,6-7H2,1-4H3/t8-,10+,11-,12+,13+/m0/s1. The van der Waals surface area contributed by atoms with Crippen molar-refractivity contribution < 1.29 is 24.8 Å². The molecule has 0 amide bonds. The molecule has 126 valence electrons. The number of ether oxygens (including phenoxy) is 2. The molecule has 0 aromatic carbocycles. The van der Waals surface area contributed by atoms with Gasteiger partial charge in [-0.3, -0.25) is 0 Å². The van der Waals surface area contributed by atoms with Crippen LogP contribution in [0.4, 0.5) is 0 Å². The van der Waals surface area contributed by atoms with Gasteiger partial charge in [0.2, 0.25) is 0 Å². The van der Waals surface area contributed by atoms with Gasteiger partial charge in [0.25, 0.3) is 0 Å². The monoisotopic (exact) mass is 315 g/mol. The van der Waals surface area contributed by atoms with Crippen molar-refractivity contribution in [2.45, 2.75) is 64.4 Å². The molecule has 1 aromatic rings. The molecule has 2 heterocycles. The lowest BCUT2D eigenvalue weighted by molar-refractivity contribution is -0.291. The number of hydrogen-bond donors (Lipinski definition) is 3. The molecule has 5 atom stereocenters. The molecule has 8 heteroatoms. The van der Waals surface area contributed by atoms with E-state index in [1.54, 1.807) is 17.8 Å². The minimum atomic E-state index is -1.17. The smallest absolute Gasteiger partial charge is 0.186 e. The first-order valence-electron chi connectivity index (χ1n) is 7.39. The zero-order valence-electron chi connectivity index (χ0n) is 13.4. The Labute approximate surface area is 129 Å². The van der Waals surface area contributed by atoms with Crippen LogP contribution >= 0.6 is 0 Å². The van der Waals surface area contributed by atoms with Gasteiger partial charge in [-0.15, -0.1) is 5.10 Å². The summed E-state index contributed by atoms with van der Waals surface area (Å²) in [6.45, 7) is 7.57. The molecule has 3 N–H and O–H groups in total. The fourth-order valence-electron chi connectivity index (χ4n) is 2.28. The van der Waals surface area contributed by atoms with Gasteiger partial charge in [-0.25, -0.2) is 4.68 Å². The summed E-state index contributed by atoms with van der Waals surface area (Å²) in [7, 11) is 0. The van der Waals surface area contributed by atoms with Gasteiger partial charge in [-0.1, -0.05) is 12.1 Å². The van der Waals surface area contributed by atoms with Crippen LogP contribution in [-0.4, -0.2) is 61.5 Å². The molecular formula is C14H25N3O5. The van der Waals surface area contributed by atoms with Crippen molar-refractivity contribution in [1.29, 1.82) is 0 Å². The molecule has 0 aliphatic carbocycles. The van der Waals surface area contributed by atoms with Gasteiger partial charge in [-0.05, 0) is 20.8 Å². The van der Waals surface area contributed by atoms with Crippen LogP contribution < -0.4 is 0 Å². The summed E-state index contributed by atoms with van der Waals surface area (Å²) in [6.07, 6.45) is -2.01.